The maximum atomic E-state index is 11.0. The van der Waals surface area contributed by atoms with Gasteiger partial charge in [0.05, 0.1) is 18.9 Å². The number of amides is 1. The molecule has 1 saturated heterocycles. The van der Waals surface area contributed by atoms with Crippen LogP contribution in [0.15, 0.2) is 0 Å². The van der Waals surface area contributed by atoms with Crippen molar-refractivity contribution in [1.82, 2.24) is 4.31 Å². The lowest BCUT2D eigenvalue weighted by Crippen LogP contribution is -2.32. The molecular formula is C5H9NO4S. The summed E-state index contributed by atoms with van der Waals surface area (Å²) >= 11 is 0. The minimum atomic E-state index is -3.37. The molecule has 11 heavy (non-hydrogen) atoms. The van der Waals surface area contributed by atoms with E-state index in [1.54, 1.807) is 0 Å². The van der Waals surface area contributed by atoms with E-state index in [0.29, 0.717) is 0 Å². The van der Waals surface area contributed by atoms with Crippen molar-refractivity contribution in [3.63, 3.8) is 0 Å². The van der Waals surface area contributed by atoms with E-state index in [1.807, 2.05) is 0 Å². The molecule has 1 N–H and O–H groups in total. The van der Waals surface area contributed by atoms with E-state index < -0.39 is 15.9 Å². The first-order valence-electron chi connectivity index (χ1n) is 3.22. The average molecular weight is 179 g/mol. The van der Waals surface area contributed by atoms with E-state index in [1.165, 1.54) is 0 Å². The van der Waals surface area contributed by atoms with Crippen molar-refractivity contribution >= 4 is 15.9 Å². The molecule has 1 aliphatic rings. The Labute approximate surface area is 64.7 Å². The van der Waals surface area contributed by atoms with Gasteiger partial charge in [-0.3, -0.25) is 4.79 Å². The molecule has 0 aromatic carbocycles. The van der Waals surface area contributed by atoms with Gasteiger partial charge in [-0.05, 0) is 0 Å². The predicted molar refractivity (Wildman–Crippen MR) is 37.2 cm³/mol. The number of carbonyl (C=O) groups excluding carboxylic acids is 1. The Kier molecular flexibility index (Phi) is 2.15. The van der Waals surface area contributed by atoms with Crippen molar-refractivity contribution in [3.05, 3.63) is 0 Å². The summed E-state index contributed by atoms with van der Waals surface area (Å²) in [5.74, 6) is -0.537. The van der Waals surface area contributed by atoms with Crippen molar-refractivity contribution in [3.8, 4) is 0 Å². The van der Waals surface area contributed by atoms with Crippen molar-refractivity contribution in [2.45, 2.75) is 6.42 Å². The summed E-state index contributed by atoms with van der Waals surface area (Å²) in [6, 6.07) is 0. The molecule has 1 heterocycles. The third-order valence-corrected chi connectivity index (χ3v) is 3.27. The van der Waals surface area contributed by atoms with Crippen LogP contribution in [0.3, 0.4) is 0 Å². The van der Waals surface area contributed by atoms with Crippen molar-refractivity contribution in [2.24, 2.45) is 0 Å². The van der Waals surface area contributed by atoms with Gasteiger partial charge in [0.25, 0.3) is 0 Å². The molecule has 0 bridgehead atoms. The molecule has 5 nitrogen and oxygen atoms in total. The Morgan fingerprint density at radius 2 is 2.18 bits per heavy atom. The number of aliphatic hydroxyl groups is 1. The van der Waals surface area contributed by atoms with Crippen LogP contribution in [0, 0.1) is 0 Å². The second-order valence-electron chi connectivity index (χ2n) is 2.26. The Bertz CT molecular complexity index is 258. The number of nitrogens with zero attached hydrogens (tertiary/aromatic N) is 1. The highest BCUT2D eigenvalue weighted by Crippen LogP contribution is 2.13. The molecule has 0 aromatic heterocycles. The smallest absolute Gasteiger partial charge is 0.237 e. The van der Waals surface area contributed by atoms with Crippen LogP contribution in [0.4, 0.5) is 0 Å². The molecule has 0 aliphatic carbocycles. The first kappa shape index (κ1) is 8.48. The van der Waals surface area contributed by atoms with Gasteiger partial charge in [0, 0.05) is 6.42 Å². The number of β-amino-alcohol motifs (C(OH)–C–C–N with tert-alkyl or cyclic N) is 1. The lowest BCUT2D eigenvalue weighted by Gasteiger charge is -2.11. The molecule has 0 aromatic rings. The summed E-state index contributed by atoms with van der Waals surface area (Å²) in [5, 5.41) is 8.42. The van der Waals surface area contributed by atoms with Gasteiger partial charge in [-0.25, -0.2) is 12.7 Å². The predicted octanol–water partition coefficient (Wildman–Crippen LogP) is -1.46. The zero-order valence-corrected chi connectivity index (χ0v) is 6.67. The molecule has 1 rings (SSSR count). The van der Waals surface area contributed by atoms with Crippen LogP contribution in [0.2, 0.25) is 0 Å². The van der Waals surface area contributed by atoms with Gasteiger partial charge in [0.15, 0.2) is 0 Å². The summed E-state index contributed by atoms with van der Waals surface area (Å²) in [6.07, 6.45) is 0.0440. The minimum absolute atomic E-state index is 0.0440. The Morgan fingerprint density at radius 3 is 2.55 bits per heavy atom. The van der Waals surface area contributed by atoms with Crippen LogP contribution in [-0.2, 0) is 14.8 Å². The molecule has 1 aliphatic heterocycles. The van der Waals surface area contributed by atoms with Gasteiger partial charge in [-0.2, -0.15) is 0 Å². The van der Waals surface area contributed by atoms with Crippen LogP contribution in [0.25, 0.3) is 0 Å². The van der Waals surface area contributed by atoms with Gasteiger partial charge in [0.2, 0.25) is 15.9 Å². The summed E-state index contributed by atoms with van der Waals surface area (Å²) in [6.45, 7) is -0.424. The zero-order chi connectivity index (χ0) is 8.48. The van der Waals surface area contributed by atoms with Crippen LogP contribution < -0.4 is 0 Å². The summed E-state index contributed by atoms with van der Waals surface area (Å²) in [4.78, 5) is 10.8. The first-order valence-corrected chi connectivity index (χ1v) is 4.83. The SMILES string of the molecule is O=C1CCS(=O)(=O)N1CCO. The summed E-state index contributed by atoms with van der Waals surface area (Å²) in [7, 11) is -3.37. The second kappa shape index (κ2) is 2.78. The molecule has 0 saturated carbocycles. The molecule has 0 unspecified atom stereocenters. The second-order valence-corrected chi connectivity index (χ2v) is 4.27. The normalized spacial score (nSPS) is 22.6. The average Bonchev–Trinajstić information content (AvgIpc) is 2.16. The number of rotatable bonds is 2. The van der Waals surface area contributed by atoms with Gasteiger partial charge >= 0.3 is 0 Å². The lowest BCUT2D eigenvalue weighted by molar-refractivity contribution is -0.125. The highest BCUT2D eigenvalue weighted by Gasteiger charge is 2.33. The Balaban J connectivity index is 2.81. The molecule has 6 heteroatoms. The van der Waals surface area contributed by atoms with Gasteiger partial charge < -0.3 is 5.11 Å². The topological polar surface area (TPSA) is 74.7 Å². The minimum Gasteiger partial charge on any atom is -0.394 e. The van der Waals surface area contributed by atoms with Crippen LogP contribution >= 0.6 is 0 Å². The van der Waals surface area contributed by atoms with E-state index >= 15 is 0 Å². The van der Waals surface area contributed by atoms with E-state index in [4.69, 9.17) is 5.11 Å². The third kappa shape index (κ3) is 1.51. The summed E-state index contributed by atoms with van der Waals surface area (Å²) < 4.78 is 22.6. The van der Waals surface area contributed by atoms with Gasteiger partial charge in [0.1, 0.15) is 0 Å². The molecule has 64 valence electrons. The van der Waals surface area contributed by atoms with E-state index in [9.17, 15) is 13.2 Å². The van der Waals surface area contributed by atoms with Crippen molar-refractivity contribution < 1.29 is 18.3 Å². The number of carbonyl (C=O) groups is 1. The maximum Gasteiger partial charge on any atom is 0.237 e. The molecule has 0 radical (unpaired) electrons. The number of aliphatic hydroxyl groups excluding tert-OH is 1. The van der Waals surface area contributed by atoms with E-state index in [2.05, 4.69) is 0 Å². The monoisotopic (exact) mass is 179 g/mol. The van der Waals surface area contributed by atoms with Crippen LogP contribution in [-0.4, -0.2) is 42.6 Å². The lowest BCUT2D eigenvalue weighted by atomic mass is 10.4. The van der Waals surface area contributed by atoms with Crippen molar-refractivity contribution in [2.75, 3.05) is 18.9 Å². The molecular weight excluding hydrogens is 170 g/mol. The number of sulfonamides is 1. The van der Waals surface area contributed by atoms with Gasteiger partial charge in [-0.15, -0.1) is 0 Å². The maximum absolute atomic E-state index is 11.0. The molecule has 1 fully saturated rings. The Morgan fingerprint density at radius 1 is 1.55 bits per heavy atom. The molecule has 0 spiro atoms. The zero-order valence-electron chi connectivity index (χ0n) is 5.86. The van der Waals surface area contributed by atoms with E-state index in [0.717, 1.165) is 4.31 Å². The summed E-state index contributed by atoms with van der Waals surface area (Å²) in [5.41, 5.74) is 0. The first-order chi connectivity index (χ1) is 5.08. The van der Waals surface area contributed by atoms with Crippen molar-refractivity contribution in [1.29, 1.82) is 0 Å². The van der Waals surface area contributed by atoms with Crippen LogP contribution in [0.1, 0.15) is 6.42 Å². The fourth-order valence-corrected chi connectivity index (χ4v) is 2.38. The highest BCUT2D eigenvalue weighted by molar-refractivity contribution is 7.90. The fourth-order valence-electron chi connectivity index (χ4n) is 0.961. The number of hydrogen-bond donors (Lipinski definition) is 1. The van der Waals surface area contributed by atoms with Crippen LogP contribution in [0.5, 0.6) is 0 Å². The molecule has 1 amide bonds. The Hall–Kier alpha value is -0.620. The van der Waals surface area contributed by atoms with Gasteiger partial charge in [-0.1, -0.05) is 0 Å². The largest absolute Gasteiger partial charge is 0.394 e. The number of hydrogen-bond acceptors (Lipinski definition) is 4. The third-order valence-electron chi connectivity index (χ3n) is 1.49. The van der Waals surface area contributed by atoms with E-state index in [-0.39, 0.29) is 25.3 Å². The standard InChI is InChI=1S/C5H9NO4S/c7-3-2-6-5(8)1-4-11(6,9)10/h7H,1-4H2. The fraction of sp³-hybridized carbons (Fsp3) is 0.800. The quantitative estimate of drug-likeness (QED) is 0.562. The highest BCUT2D eigenvalue weighted by atomic mass is 32.2. The molecule has 0 atom stereocenters.